The molecule has 0 aliphatic heterocycles. The number of aromatic nitrogens is 3. The van der Waals surface area contributed by atoms with Gasteiger partial charge in [-0.1, -0.05) is 6.07 Å². The van der Waals surface area contributed by atoms with Crippen LogP contribution in [0.3, 0.4) is 0 Å². The average molecular weight is 256 g/mol. The Kier molecular flexibility index (Phi) is 3.60. The average Bonchev–Trinajstić information content (AvgIpc) is 3.08. The van der Waals surface area contributed by atoms with Crippen LogP contribution in [0.25, 0.3) is 0 Å². The summed E-state index contributed by atoms with van der Waals surface area (Å²) in [6, 6.07) is 5.30. The summed E-state index contributed by atoms with van der Waals surface area (Å²) in [7, 11) is 0. The maximum absolute atomic E-state index is 4.34. The molecule has 0 amide bonds. The molecule has 1 aliphatic carbocycles. The summed E-state index contributed by atoms with van der Waals surface area (Å²) in [5.74, 6) is 0. The standard InChI is InChI=1S/C15H20N4/c1-12-5-6-13(9-17-12)10-18-14-3-2-4-15(14)19-8-7-16-11-19/h5-9,11,14-15,18H,2-4,10H2,1H3. The second-order valence-electron chi connectivity index (χ2n) is 5.30. The van der Waals surface area contributed by atoms with Crippen LogP contribution in [-0.4, -0.2) is 20.6 Å². The monoisotopic (exact) mass is 256 g/mol. The molecule has 1 aliphatic rings. The van der Waals surface area contributed by atoms with Crippen LogP contribution in [0.5, 0.6) is 0 Å². The van der Waals surface area contributed by atoms with Gasteiger partial charge in [-0.05, 0) is 37.8 Å². The van der Waals surface area contributed by atoms with E-state index < -0.39 is 0 Å². The highest BCUT2D eigenvalue weighted by molar-refractivity contribution is 5.13. The second-order valence-corrected chi connectivity index (χ2v) is 5.30. The van der Waals surface area contributed by atoms with Crippen molar-refractivity contribution in [2.75, 3.05) is 0 Å². The maximum Gasteiger partial charge on any atom is 0.0949 e. The Hall–Kier alpha value is -1.68. The SMILES string of the molecule is Cc1ccc(CNC2CCCC2n2ccnc2)cn1. The van der Waals surface area contributed by atoms with E-state index in [0.29, 0.717) is 12.1 Å². The molecular weight excluding hydrogens is 236 g/mol. The number of pyridine rings is 1. The van der Waals surface area contributed by atoms with Gasteiger partial charge in [-0.3, -0.25) is 4.98 Å². The van der Waals surface area contributed by atoms with Crippen molar-refractivity contribution in [3.63, 3.8) is 0 Å². The normalized spacial score (nSPS) is 22.8. The molecular formula is C15H20N4. The fourth-order valence-corrected chi connectivity index (χ4v) is 2.85. The van der Waals surface area contributed by atoms with E-state index >= 15 is 0 Å². The van der Waals surface area contributed by atoms with Crippen molar-refractivity contribution in [1.29, 1.82) is 0 Å². The molecule has 2 heterocycles. The van der Waals surface area contributed by atoms with Crippen LogP contribution in [-0.2, 0) is 6.54 Å². The fourth-order valence-electron chi connectivity index (χ4n) is 2.85. The molecule has 0 bridgehead atoms. The van der Waals surface area contributed by atoms with E-state index in [9.17, 15) is 0 Å². The highest BCUT2D eigenvalue weighted by Crippen LogP contribution is 2.30. The lowest BCUT2D eigenvalue weighted by Gasteiger charge is -2.22. The van der Waals surface area contributed by atoms with Crippen molar-refractivity contribution in [1.82, 2.24) is 19.9 Å². The fraction of sp³-hybridized carbons (Fsp3) is 0.467. The lowest BCUT2D eigenvalue weighted by molar-refractivity contribution is 0.390. The van der Waals surface area contributed by atoms with Crippen molar-refractivity contribution in [3.05, 3.63) is 48.3 Å². The molecule has 2 atom stereocenters. The van der Waals surface area contributed by atoms with Gasteiger partial charge in [0, 0.05) is 42.9 Å². The number of rotatable bonds is 4. The van der Waals surface area contributed by atoms with Gasteiger partial charge < -0.3 is 9.88 Å². The minimum Gasteiger partial charge on any atom is -0.333 e. The van der Waals surface area contributed by atoms with Crippen LogP contribution in [0, 0.1) is 6.92 Å². The van der Waals surface area contributed by atoms with Gasteiger partial charge in [0.25, 0.3) is 0 Å². The number of imidazole rings is 1. The Morgan fingerprint density at radius 3 is 3.05 bits per heavy atom. The van der Waals surface area contributed by atoms with Crippen molar-refractivity contribution >= 4 is 0 Å². The number of hydrogen-bond donors (Lipinski definition) is 1. The quantitative estimate of drug-likeness (QED) is 0.913. The Morgan fingerprint density at radius 2 is 2.32 bits per heavy atom. The summed E-state index contributed by atoms with van der Waals surface area (Å²) >= 11 is 0. The van der Waals surface area contributed by atoms with Crippen LogP contribution in [0.1, 0.15) is 36.6 Å². The van der Waals surface area contributed by atoms with Crippen molar-refractivity contribution in [2.45, 2.75) is 44.8 Å². The molecule has 1 N–H and O–H groups in total. The predicted octanol–water partition coefficient (Wildman–Crippen LogP) is 2.47. The van der Waals surface area contributed by atoms with Gasteiger partial charge in [-0.25, -0.2) is 4.98 Å². The molecule has 1 saturated carbocycles. The zero-order valence-electron chi connectivity index (χ0n) is 11.3. The molecule has 19 heavy (non-hydrogen) atoms. The van der Waals surface area contributed by atoms with E-state index in [-0.39, 0.29) is 0 Å². The summed E-state index contributed by atoms with van der Waals surface area (Å²) in [4.78, 5) is 8.49. The largest absolute Gasteiger partial charge is 0.333 e. The Morgan fingerprint density at radius 1 is 1.37 bits per heavy atom. The lowest BCUT2D eigenvalue weighted by Crippen LogP contribution is -2.33. The van der Waals surface area contributed by atoms with Crippen LogP contribution < -0.4 is 5.32 Å². The molecule has 1 fully saturated rings. The molecule has 4 nitrogen and oxygen atoms in total. The molecule has 0 radical (unpaired) electrons. The summed E-state index contributed by atoms with van der Waals surface area (Å²) in [5.41, 5.74) is 2.32. The van der Waals surface area contributed by atoms with Crippen LogP contribution in [0.2, 0.25) is 0 Å². The highest BCUT2D eigenvalue weighted by Gasteiger charge is 2.27. The summed E-state index contributed by atoms with van der Waals surface area (Å²) in [6.45, 7) is 2.91. The van der Waals surface area contributed by atoms with Crippen molar-refractivity contribution < 1.29 is 0 Å². The van der Waals surface area contributed by atoms with Gasteiger partial charge in [0.15, 0.2) is 0 Å². The minimum atomic E-state index is 0.538. The van der Waals surface area contributed by atoms with E-state index in [4.69, 9.17) is 0 Å². The summed E-state index contributed by atoms with van der Waals surface area (Å²) < 4.78 is 2.23. The Balaban J connectivity index is 1.61. The molecule has 0 saturated heterocycles. The van der Waals surface area contributed by atoms with Gasteiger partial charge in [0.2, 0.25) is 0 Å². The first-order chi connectivity index (χ1) is 9.33. The first-order valence-electron chi connectivity index (χ1n) is 6.95. The predicted molar refractivity (Wildman–Crippen MR) is 74.7 cm³/mol. The molecule has 4 heteroatoms. The molecule has 100 valence electrons. The number of nitrogens with one attached hydrogen (secondary N) is 1. The third-order valence-electron chi connectivity index (χ3n) is 3.93. The smallest absolute Gasteiger partial charge is 0.0949 e. The van der Waals surface area contributed by atoms with Gasteiger partial charge >= 0.3 is 0 Å². The van der Waals surface area contributed by atoms with Crippen molar-refractivity contribution in [2.24, 2.45) is 0 Å². The molecule has 2 aromatic heterocycles. The van der Waals surface area contributed by atoms with Gasteiger partial charge in [0.05, 0.1) is 6.33 Å². The van der Waals surface area contributed by atoms with E-state index in [2.05, 4.69) is 38.2 Å². The van der Waals surface area contributed by atoms with Crippen LogP contribution >= 0.6 is 0 Å². The van der Waals surface area contributed by atoms with Gasteiger partial charge in [-0.2, -0.15) is 0 Å². The van der Waals surface area contributed by atoms with Gasteiger partial charge in [0.1, 0.15) is 0 Å². The topological polar surface area (TPSA) is 42.7 Å². The minimum absolute atomic E-state index is 0.538. The van der Waals surface area contributed by atoms with E-state index in [1.807, 2.05) is 25.6 Å². The first kappa shape index (κ1) is 12.4. The maximum atomic E-state index is 4.34. The van der Waals surface area contributed by atoms with Crippen LogP contribution in [0.15, 0.2) is 37.1 Å². The van der Waals surface area contributed by atoms with E-state index in [1.54, 1.807) is 0 Å². The molecule has 2 unspecified atom stereocenters. The third-order valence-corrected chi connectivity index (χ3v) is 3.93. The highest BCUT2D eigenvalue weighted by atomic mass is 15.1. The molecule has 0 aromatic carbocycles. The Bertz CT molecular complexity index is 503. The summed E-state index contributed by atoms with van der Waals surface area (Å²) in [5, 5.41) is 3.67. The number of aryl methyl sites for hydroxylation is 1. The Labute approximate surface area is 113 Å². The summed E-state index contributed by atoms with van der Waals surface area (Å²) in [6.07, 6.45) is 11.6. The third kappa shape index (κ3) is 2.84. The van der Waals surface area contributed by atoms with E-state index in [0.717, 1.165) is 12.2 Å². The van der Waals surface area contributed by atoms with Crippen LogP contribution in [0.4, 0.5) is 0 Å². The van der Waals surface area contributed by atoms with Gasteiger partial charge in [-0.15, -0.1) is 0 Å². The molecule has 2 aromatic rings. The zero-order valence-corrected chi connectivity index (χ0v) is 11.3. The number of hydrogen-bond acceptors (Lipinski definition) is 3. The van der Waals surface area contributed by atoms with E-state index in [1.165, 1.54) is 24.8 Å². The number of nitrogens with zero attached hydrogens (tertiary/aromatic N) is 3. The van der Waals surface area contributed by atoms with Crippen molar-refractivity contribution in [3.8, 4) is 0 Å². The second kappa shape index (κ2) is 5.53. The molecule has 3 rings (SSSR count). The lowest BCUT2D eigenvalue weighted by atomic mass is 10.1. The zero-order chi connectivity index (χ0) is 13.1. The first-order valence-corrected chi connectivity index (χ1v) is 6.95. The molecule has 0 spiro atoms.